The molecule has 1 unspecified atom stereocenters. The third-order valence-corrected chi connectivity index (χ3v) is 5.96. The molecule has 0 saturated heterocycles. The number of rotatable bonds is 5. The van der Waals surface area contributed by atoms with E-state index in [-0.39, 0.29) is 18.2 Å². The molecule has 152 valence electrons. The van der Waals surface area contributed by atoms with E-state index in [1.807, 2.05) is 25.1 Å². The van der Waals surface area contributed by atoms with Crippen LogP contribution in [0.5, 0.6) is 11.5 Å². The highest BCUT2D eigenvalue weighted by Gasteiger charge is 2.29. The Hall–Kier alpha value is -3.03. The van der Waals surface area contributed by atoms with Crippen molar-refractivity contribution in [2.45, 2.75) is 23.5 Å². The van der Waals surface area contributed by atoms with Crippen LogP contribution < -0.4 is 15.4 Å². The highest BCUT2D eigenvalue weighted by molar-refractivity contribution is 8.01. The van der Waals surface area contributed by atoms with Crippen LogP contribution in [0, 0.1) is 6.92 Å². The molecule has 0 saturated carbocycles. The number of amides is 2. The van der Waals surface area contributed by atoms with Crippen molar-refractivity contribution in [3.05, 3.63) is 71.5 Å². The molecule has 1 aliphatic rings. The average molecular weight is 440 g/mol. The lowest BCUT2D eigenvalue weighted by Crippen LogP contribution is -2.32. The smallest absolute Gasteiger partial charge is 0.238 e. The predicted octanol–water partition coefficient (Wildman–Crippen LogP) is 5.28. The van der Waals surface area contributed by atoms with Crippen molar-refractivity contribution in [3.8, 4) is 11.5 Å². The van der Waals surface area contributed by atoms with E-state index in [1.54, 1.807) is 42.7 Å². The highest BCUT2D eigenvalue weighted by atomic mass is 35.5. The summed E-state index contributed by atoms with van der Waals surface area (Å²) in [6, 6.07) is 14.3. The number of pyridine rings is 1. The topological polar surface area (TPSA) is 80.3 Å². The van der Waals surface area contributed by atoms with Gasteiger partial charge in [0.15, 0.2) is 0 Å². The molecule has 2 heterocycles. The van der Waals surface area contributed by atoms with Gasteiger partial charge in [0.25, 0.3) is 0 Å². The first-order valence-corrected chi connectivity index (χ1v) is 10.5. The van der Waals surface area contributed by atoms with Gasteiger partial charge in [-0.05, 0) is 61.0 Å². The number of nitrogens with zero attached hydrogens (tertiary/aromatic N) is 1. The summed E-state index contributed by atoms with van der Waals surface area (Å²) < 4.78 is 5.81. The summed E-state index contributed by atoms with van der Waals surface area (Å²) in [5.74, 6) is 0.875. The largest absolute Gasteiger partial charge is 0.455 e. The van der Waals surface area contributed by atoms with Crippen LogP contribution in [-0.4, -0.2) is 22.0 Å². The van der Waals surface area contributed by atoms with Crippen LogP contribution in [0.4, 0.5) is 11.4 Å². The average Bonchev–Trinajstić information content (AvgIpc) is 2.71. The number of fused-ring (bicyclic) bond motifs is 1. The number of carbonyl (C=O) groups excluding carboxylic acids is 2. The van der Waals surface area contributed by atoms with E-state index in [0.29, 0.717) is 27.9 Å². The van der Waals surface area contributed by atoms with Gasteiger partial charge in [-0.2, -0.15) is 0 Å². The summed E-state index contributed by atoms with van der Waals surface area (Å²) in [6.45, 7) is 1.90. The number of hydrogen-bond donors (Lipinski definition) is 2. The van der Waals surface area contributed by atoms with Gasteiger partial charge in [0, 0.05) is 28.2 Å². The number of benzene rings is 2. The van der Waals surface area contributed by atoms with Crippen LogP contribution in [0.15, 0.2) is 65.8 Å². The fourth-order valence-corrected chi connectivity index (χ4v) is 4.28. The molecule has 3 aromatic rings. The van der Waals surface area contributed by atoms with E-state index < -0.39 is 5.25 Å². The van der Waals surface area contributed by atoms with Gasteiger partial charge in [0.1, 0.15) is 11.5 Å². The standard InChI is InChI=1S/C22H18ClN3O3S/c1-13-9-15(5-6-18(13)29-16-3-2-8-24-12-16)25-21(27)11-20-22(28)26-17-10-14(23)4-7-19(17)30-20/h2-10,12,20H,11H2,1H3,(H,25,27)(H,26,28). The Morgan fingerprint density at radius 3 is 2.90 bits per heavy atom. The van der Waals surface area contributed by atoms with Crippen molar-refractivity contribution >= 4 is 46.6 Å². The predicted molar refractivity (Wildman–Crippen MR) is 118 cm³/mol. The Balaban J connectivity index is 1.39. The van der Waals surface area contributed by atoms with Gasteiger partial charge in [-0.1, -0.05) is 11.6 Å². The molecule has 6 nitrogen and oxygen atoms in total. The Bertz CT molecular complexity index is 1110. The van der Waals surface area contributed by atoms with Crippen molar-refractivity contribution in [3.63, 3.8) is 0 Å². The van der Waals surface area contributed by atoms with Crippen LogP contribution in [0.2, 0.25) is 5.02 Å². The first kappa shape index (κ1) is 20.3. The molecule has 0 fully saturated rings. The second-order valence-corrected chi connectivity index (χ2v) is 8.44. The monoisotopic (exact) mass is 439 g/mol. The Kier molecular flexibility index (Phi) is 5.92. The fraction of sp³-hybridized carbons (Fsp3) is 0.136. The van der Waals surface area contributed by atoms with Gasteiger partial charge in [0.2, 0.25) is 11.8 Å². The van der Waals surface area contributed by atoms with Crippen LogP contribution in [0.1, 0.15) is 12.0 Å². The molecular formula is C22H18ClN3O3S. The maximum atomic E-state index is 12.5. The summed E-state index contributed by atoms with van der Waals surface area (Å²) in [6.07, 6.45) is 3.37. The van der Waals surface area contributed by atoms with E-state index in [9.17, 15) is 9.59 Å². The molecule has 1 aromatic heterocycles. The zero-order valence-electron chi connectivity index (χ0n) is 16.0. The number of ether oxygens (including phenoxy) is 1. The van der Waals surface area contributed by atoms with Crippen LogP contribution in [0.3, 0.4) is 0 Å². The van der Waals surface area contributed by atoms with Crippen molar-refractivity contribution in [2.24, 2.45) is 0 Å². The van der Waals surface area contributed by atoms with E-state index in [0.717, 1.165) is 10.5 Å². The molecule has 1 aliphatic heterocycles. The lowest BCUT2D eigenvalue weighted by molar-refractivity contribution is -0.120. The lowest BCUT2D eigenvalue weighted by atomic mass is 10.2. The highest BCUT2D eigenvalue weighted by Crippen LogP contribution is 2.38. The number of halogens is 1. The quantitative estimate of drug-likeness (QED) is 0.565. The zero-order chi connectivity index (χ0) is 21.1. The van der Waals surface area contributed by atoms with E-state index in [4.69, 9.17) is 16.3 Å². The van der Waals surface area contributed by atoms with Gasteiger partial charge in [-0.3, -0.25) is 14.6 Å². The van der Waals surface area contributed by atoms with Gasteiger partial charge in [0.05, 0.1) is 17.1 Å². The second kappa shape index (κ2) is 8.77. The molecule has 2 aromatic carbocycles. The van der Waals surface area contributed by atoms with Gasteiger partial charge in [-0.25, -0.2) is 0 Å². The minimum absolute atomic E-state index is 0.0611. The van der Waals surface area contributed by atoms with Crippen LogP contribution >= 0.6 is 23.4 Å². The molecule has 0 spiro atoms. The minimum atomic E-state index is -0.507. The molecular weight excluding hydrogens is 422 g/mol. The Morgan fingerprint density at radius 1 is 1.27 bits per heavy atom. The van der Waals surface area contributed by atoms with Crippen LogP contribution in [0.25, 0.3) is 0 Å². The molecule has 30 heavy (non-hydrogen) atoms. The van der Waals surface area contributed by atoms with Crippen molar-refractivity contribution < 1.29 is 14.3 Å². The maximum absolute atomic E-state index is 12.5. The van der Waals surface area contributed by atoms with E-state index in [1.165, 1.54) is 11.8 Å². The van der Waals surface area contributed by atoms with Crippen molar-refractivity contribution in [1.82, 2.24) is 4.98 Å². The Labute approximate surface area is 183 Å². The molecule has 4 rings (SSSR count). The van der Waals surface area contributed by atoms with Gasteiger partial charge < -0.3 is 15.4 Å². The molecule has 2 amide bonds. The van der Waals surface area contributed by atoms with Crippen molar-refractivity contribution in [2.75, 3.05) is 10.6 Å². The van der Waals surface area contributed by atoms with Crippen molar-refractivity contribution in [1.29, 1.82) is 0 Å². The third-order valence-electron chi connectivity index (χ3n) is 4.45. The number of thioether (sulfide) groups is 1. The SMILES string of the molecule is Cc1cc(NC(=O)CC2Sc3ccc(Cl)cc3NC2=O)ccc1Oc1cccnc1. The van der Waals surface area contributed by atoms with Gasteiger partial charge in [-0.15, -0.1) is 11.8 Å². The minimum Gasteiger partial charge on any atom is -0.455 e. The summed E-state index contributed by atoms with van der Waals surface area (Å²) in [7, 11) is 0. The molecule has 1 atom stereocenters. The first-order valence-electron chi connectivity index (χ1n) is 9.23. The number of aromatic nitrogens is 1. The zero-order valence-corrected chi connectivity index (χ0v) is 17.6. The molecule has 8 heteroatoms. The van der Waals surface area contributed by atoms with Gasteiger partial charge >= 0.3 is 0 Å². The number of nitrogens with one attached hydrogen (secondary N) is 2. The third kappa shape index (κ3) is 4.75. The second-order valence-electron chi connectivity index (χ2n) is 6.76. The molecule has 2 N–H and O–H groups in total. The summed E-state index contributed by atoms with van der Waals surface area (Å²) in [4.78, 5) is 29.8. The number of hydrogen-bond acceptors (Lipinski definition) is 5. The summed E-state index contributed by atoms with van der Waals surface area (Å²) in [5, 5.41) is 5.71. The number of carbonyl (C=O) groups is 2. The van der Waals surface area contributed by atoms with E-state index >= 15 is 0 Å². The number of anilines is 2. The number of aryl methyl sites for hydroxylation is 1. The summed E-state index contributed by atoms with van der Waals surface area (Å²) >= 11 is 7.33. The summed E-state index contributed by atoms with van der Waals surface area (Å²) in [5.41, 5.74) is 2.19. The first-order chi connectivity index (χ1) is 14.5. The Morgan fingerprint density at radius 2 is 2.13 bits per heavy atom. The lowest BCUT2D eigenvalue weighted by Gasteiger charge is -2.23. The van der Waals surface area contributed by atoms with E-state index in [2.05, 4.69) is 15.6 Å². The normalized spacial score (nSPS) is 15.1. The molecule has 0 radical (unpaired) electrons. The molecule has 0 bridgehead atoms. The fourth-order valence-electron chi connectivity index (χ4n) is 3.01. The molecule has 0 aliphatic carbocycles. The van der Waals surface area contributed by atoms with Crippen LogP contribution in [-0.2, 0) is 9.59 Å². The maximum Gasteiger partial charge on any atom is 0.238 e.